The molecule has 1 aromatic rings. The van der Waals surface area contributed by atoms with E-state index in [0.29, 0.717) is 12.1 Å². The molecule has 0 aromatic heterocycles. The fraction of sp³-hybridized carbons (Fsp3) is 0.538. The maximum Gasteiger partial charge on any atom is 0.150 e. The molecule has 0 aliphatic carbocycles. The van der Waals surface area contributed by atoms with Crippen LogP contribution < -0.4 is 5.73 Å². The molecule has 0 radical (unpaired) electrons. The molecular weight excluding hydrogens is 203 g/mol. The first kappa shape index (κ1) is 13.0. The fourth-order valence-corrected chi connectivity index (χ4v) is 1.46. The first-order chi connectivity index (χ1) is 7.38. The minimum absolute atomic E-state index is 0.0665. The summed E-state index contributed by atoms with van der Waals surface area (Å²) in [5.74, 6) is -0.291. The summed E-state index contributed by atoms with van der Waals surface area (Å²) >= 11 is 0. The molecule has 16 heavy (non-hydrogen) atoms. The van der Waals surface area contributed by atoms with Gasteiger partial charge in [-0.15, -0.1) is 0 Å². The zero-order valence-corrected chi connectivity index (χ0v) is 10.5. The van der Waals surface area contributed by atoms with E-state index in [4.69, 9.17) is 5.73 Å². The Morgan fingerprint density at radius 1 is 1.38 bits per heavy atom. The van der Waals surface area contributed by atoms with Crippen molar-refractivity contribution in [3.05, 3.63) is 29.6 Å². The number of hydrogen-bond donors (Lipinski definition) is 1. The molecule has 0 saturated carbocycles. The molecule has 1 rings (SSSR count). The second-order valence-electron chi connectivity index (χ2n) is 4.84. The van der Waals surface area contributed by atoms with Gasteiger partial charge >= 0.3 is 0 Å². The van der Waals surface area contributed by atoms with Gasteiger partial charge in [0.05, 0.1) is 5.69 Å². The maximum absolute atomic E-state index is 13.7. The van der Waals surface area contributed by atoms with Crippen molar-refractivity contribution in [1.29, 1.82) is 0 Å². The summed E-state index contributed by atoms with van der Waals surface area (Å²) in [6.07, 6.45) is 1.02. The number of hydrogen-bond acceptors (Lipinski definition) is 2. The molecule has 0 amide bonds. The van der Waals surface area contributed by atoms with Crippen molar-refractivity contribution >= 4 is 5.69 Å². The number of nitrogens with zero attached hydrogens (tertiary/aromatic N) is 1. The van der Waals surface area contributed by atoms with E-state index >= 15 is 0 Å². The molecule has 0 unspecified atom stereocenters. The molecule has 0 aliphatic rings. The Morgan fingerprint density at radius 3 is 2.56 bits per heavy atom. The van der Waals surface area contributed by atoms with Gasteiger partial charge in [-0.2, -0.15) is 0 Å². The Bertz CT molecular complexity index is 361. The van der Waals surface area contributed by atoms with Crippen molar-refractivity contribution in [3.8, 4) is 0 Å². The summed E-state index contributed by atoms with van der Waals surface area (Å²) in [6, 6.07) is 5.16. The van der Waals surface area contributed by atoms with E-state index in [2.05, 4.69) is 25.7 Å². The van der Waals surface area contributed by atoms with Gasteiger partial charge in [0.25, 0.3) is 0 Å². The average Bonchev–Trinajstić information content (AvgIpc) is 2.24. The lowest BCUT2D eigenvalue weighted by atomic mass is 9.99. The van der Waals surface area contributed by atoms with Crippen LogP contribution in [0.4, 0.5) is 10.1 Å². The van der Waals surface area contributed by atoms with E-state index in [9.17, 15) is 4.39 Å². The van der Waals surface area contributed by atoms with Crippen molar-refractivity contribution in [1.82, 2.24) is 4.90 Å². The van der Waals surface area contributed by atoms with Crippen LogP contribution in [0.15, 0.2) is 18.2 Å². The van der Waals surface area contributed by atoms with Crippen LogP contribution in [0, 0.1) is 5.82 Å². The molecule has 0 aliphatic heterocycles. The largest absolute Gasteiger partial charge is 0.396 e. The van der Waals surface area contributed by atoms with Crippen LogP contribution in [0.3, 0.4) is 0 Å². The minimum Gasteiger partial charge on any atom is -0.396 e. The van der Waals surface area contributed by atoms with E-state index in [-0.39, 0.29) is 17.0 Å². The van der Waals surface area contributed by atoms with Crippen LogP contribution in [0.1, 0.15) is 32.8 Å². The molecular formula is C13H21FN2. The van der Waals surface area contributed by atoms with Crippen molar-refractivity contribution in [2.45, 2.75) is 39.3 Å². The molecule has 0 spiro atoms. The third-order valence-electron chi connectivity index (χ3n) is 3.41. The number of anilines is 1. The lowest BCUT2D eigenvalue weighted by Crippen LogP contribution is -2.40. The van der Waals surface area contributed by atoms with Gasteiger partial charge in [-0.05, 0) is 33.4 Å². The number of halogens is 1. The predicted octanol–water partition coefficient (Wildman–Crippen LogP) is 3.03. The van der Waals surface area contributed by atoms with E-state index in [1.807, 2.05) is 7.05 Å². The first-order valence-corrected chi connectivity index (χ1v) is 5.62. The Labute approximate surface area is 97.3 Å². The highest BCUT2D eigenvalue weighted by atomic mass is 19.1. The smallest absolute Gasteiger partial charge is 0.150 e. The second-order valence-corrected chi connectivity index (χ2v) is 4.84. The topological polar surface area (TPSA) is 29.3 Å². The Kier molecular flexibility index (Phi) is 3.92. The standard InChI is InChI=1S/C13H21FN2/c1-5-13(2,3)16(4)9-10-7-6-8-11(15)12(10)14/h6-8H,5,9,15H2,1-4H3. The average molecular weight is 224 g/mol. The third kappa shape index (κ3) is 2.73. The molecule has 3 heteroatoms. The Morgan fingerprint density at radius 2 is 2.00 bits per heavy atom. The highest BCUT2D eigenvalue weighted by Crippen LogP contribution is 2.22. The van der Waals surface area contributed by atoms with Gasteiger partial charge in [0.15, 0.2) is 5.82 Å². The fourth-order valence-electron chi connectivity index (χ4n) is 1.46. The van der Waals surface area contributed by atoms with Gasteiger partial charge in [-0.1, -0.05) is 19.1 Å². The van der Waals surface area contributed by atoms with Gasteiger partial charge in [-0.25, -0.2) is 4.39 Å². The normalized spacial score (nSPS) is 12.1. The molecule has 0 saturated heterocycles. The van der Waals surface area contributed by atoms with Crippen molar-refractivity contribution in [2.75, 3.05) is 12.8 Å². The monoisotopic (exact) mass is 224 g/mol. The zero-order valence-electron chi connectivity index (χ0n) is 10.5. The van der Waals surface area contributed by atoms with E-state index in [0.717, 1.165) is 6.42 Å². The summed E-state index contributed by atoms with van der Waals surface area (Å²) in [5, 5.41) is 0. The predicted molar refractivity (Wildman–Crippen MR) is 66.6 cm³/mol. The van der Waals surface area contributed by atoms with Crippen molar-refractivity contribution < 1.29 is 4.39 Å². The summed E-state index contributed by atoms with van der Waals surface area (Å²) in [5.41, 5.74) is 6.49. The third-order valence-corrected chi connectivity index (χ3v) is 3.41. The quantitative estimate of drug-likeness (QED) is 0.796. The number of nitrogen functional groups attached to an aromatic ring is 1. The van der Waals surface area contributed by atoms with Crippen LogP contribution in [-0.2, 0) is 6.54 Å². The lowest BCUT2D eigenvalue weighted by molar-refractivity contribution is 0.141. The van der Waals surface area contributed by atoms with E-state index in [1.54, 1.807) is 18.2 Å². The van der Waals surface area contributed by atoms with Gasteiger partial charge < -0.3 is 5.73 Å². The number of rotatable bonds is 4. The highest BCUT2D eigenvalue weighted by Gasteiger charge is 2.22. The molecule has 0 fully saturated rings. The van der Waals surface area contributed by atoms with E-state index < -0.39 is 0 Å². The molecule has 1 aromatic carbocycles. The second kappa shape index (κ2) is 4.83. The summed E-state index contributed by atoms with van der Waals surface area (Å²) in [7, 11) is 2.01. The van der Waals surface area contributed by atoms with Crippen molar-refractivity contribution in [2.24, 2.45) is 0 Å². The Hall–Kier alpha value is -1.09. The van der Waals surface area contributed by atoms with Gasteiger partial charge in [0.2, 0.25) is 0 Å². The summed E-state index contributed by atoms with van der Waals surface area (Å²) in [4.78, 5) is 2.14. The molecule has 2 N–H and O–H groups in total. The van der Waals surface area contributed by atoms with Crippen LogP contribution in [0.2, 0.25) is 0 Å². The Balaban J connectivity index is 2.85. The van der Waals surface area contributed by atoms with Crippen LogP contribution in [0.25, 0.3) is 0 Å². The minimum atomic E-state index is -0.291. The number of benzene rings is 1. The molecule has 0 atom stereocenters. The SMILES string of the molecule is CCC(C)(C)N(C)Cc1cccc(N)c1F. The summed E-state index contributed by atoms with van der Waals surface area (Å²) < 4.78 is 13.7. The first-order valence-electron chi connectivity index (χ1n) is 5.62. The van der Waals surface area contributed by atoms with Gasteiger partial charge in [0.1, 0.15) is 0 Å². The van der Waals surface area contributed by atoms with Crippen LogP contribution in [-0.4, -0.2) is 17.5 Å². The van der Waals surface area contributed by atoms with Gasteiger partial charge in [-0.3, -0.25) is 4.90 Å². The molecule has 0 heterocycles. The summed E-state index contributed by atoms with van der Waals surface area (Å²) in [6.45, 7) is 7.01. The molecule has 2 nitrogen and oxygen atoms in total. The van der Waals surface area contributed by atoms with E-state index in [1.165, 1.54) is 0 Å². The lowest BCUT2D eigenvalue weighted by Gasteiger charge is -2.35. The molecule has 0 bridgehead atoms. The van der Waals surface area contributed by atoms with Crippen molar-refractivity contribution in [3.63, 3.8) is 0 Å². The van der Waals surface area contributed by atoms with Crippen LogP contribution in [0.5, 0.6) is 0 Å². The van der Waals surface area contributed by atoms with Crippen LogP contribution >= 0.6 is 0 Å². The molecule has 90 valence electrons. The zero-order chi connectivity index (χ0) is 12.3. The number of nitrogens with two attached hydrogens (primary N) is 1. The maximum atomic E-state index is 13.7. The highest BCUT2D eigenvalue weighted by molar-refractivity contribution is 5.42. The van der Waals surface area contributed by atoms with Gasteiger partial charge in [0, 0.05) is 17.6 Å².